The van der Waals surface area contributed by atoms with E-state index in [1.54, 1.807) is 5.01 Å². The number of fused-ring (bicyclic) bond motifs is 1. The molecule has 1 saturated heterocycles. The second-order valence-corrected chi connectivity index (χ2v) is 8.38. The molecule has 156 valence electrons. The van der Waals surface area contributed by atoms with Crippen LogP contribution in [0.1, 0.15) is 37.3 Å². The number of nitrogens with zero attached hydrogens (tertiary/aromatic N) is 5. The zero-order valence-corrected chi connectivity index (χ0v) is 17.6. The molecule has 6 heteroatoms. The Hall–Kier alpha value is -2.18. The molecule has 1 saturated carbocycles. The first kappa shape index (κ1) is 20.1. The van der Waals surface area contributed by atoms with Crippen LogP contribution in [-0.2, 0) is 17.8 Å². The van der Waals surface area contributed by atoms with Gasteiger partial charge in [0.15, 0.2) is 0 Å². The van der Waals surface area contributed by atoms with Gasteiger partial charge in [0.05, 0.1) is 12.2 Å². The fourth-order valence-corrected chi connectivity index (χ4v) is 4.61. The van der Waals surface area contributed by atoms with Crippen LogP contribution in [0, 0.1) is 0 Å². The summed E-state index contributed by atoms with van der Waals surface area (Å²) in [6, 6.07) is 7.23. The number of hydrazone groups is 1. The highest BCUT2D eigenvalue weighted by molar-refractivity contribution is 5.78. The predicted octanol–water partition coefficient (Wildman–Crippen LogP) is 2.70. The predicted molar refractivity (Wildman–Crippen MR) is 118 cm³/mol. The SMILES string of the molecule is C=NN(/C=C\C)c1ccc2c(c1)CCN(CC(=O)N1CCN(C3CCC3)CC1)C2. The first-order chi connectivity index (χ1) is 14.2. The third-order valence-corrected chi connectivity index (χ3v) is 6.61. The Bertz CT molecular complexity index is 765. The van der Waals surface area contributed by atoms with Crippen molar-refractivity contribution in [2.45, 2.75) is 45.2 Å². The van der Waals surface area contributed by atoms with Crippen LogP contribution in [-0.4, -0.2) is 72.6 Å². The lowest BCUT2D eigenvalue weighted by molar-refractivity contribution is -0.135. The van der Waals surface area contributed by atoms with Gasteiger partial charge in [0.1, 0.15) is 0 Å². The molecule has 2 aliphatic heterocycles. The molecule has 1 aromatic rings. The van der Waals surface area contributed by atoms with Gasteiger partial charge in [-0.25, -0.2) is 5.01 Å². The number of hydrogen-bond donors (Lipinski definition) is 0. The van der Waals surface area contributed by atoms with Crippen molar-refractivity contribution < 1.29 is 4.79 Å². The van der Waals surface area contributed by atoms with E-state index < -0.39 is 0 Å². The number of rotatable bonds is 6. The van der Waals surface area contributed by atoms with Gasteiger partial charge in [0, 0.05) is 58.2 Å². The summed E-state index contributed by atoms with van der Waals surface area (Å²) >= 11 is 0. The number of carbonyl (C=O) groups is 1. The third-order valence-electron chi connectivity index (χ3n) is 6.61. The molecule has 1 aliphatic carbocycles. The molecule has 0 unspecified atom stereocenters. The standard InChI is InChI=1S/C23H33N5O/c1-3-10-28(24-2)22-8-7-20-17-25(11-9-19(20)16-22)18-23(29)27-14-12-26(13-15-27)21-5-4-6-21/h3,7-8,10,16,21H,2,4-6,9,11-15,17-18H2,1H3/b10-3-. The minimum Gasteiger partial charge on any atom is -0.339 e. The Kier molecular flexibility index (Phi) is 6.31. The van der Waals surface area contributed by atoms with Crippen molar-refractivity contribution in [3.63, 3.8) is 0 Å². The molecule has 6 nitrogen and oxygen atoms in total. The Morgan fingerprint density at radius 3 is 2.66 bits per heavy atom. The Morgan fingerprint density at radius 2 is 2.00 bits per heavy atom. The van der Waals surface area contributed by atoms with E-state index in [4.69, 9.17) is 0 Å². The van der Waals surface area contributed by atoms with Gasteiger partial charge in [-0.15, -0.1) is 0 Å². The minimum absolute atomic E-state index is 0.286. The molecular formula is C23H33N5O. The summed E-state index contributed by atoms with van der Waals surface area (Å²) in [4.78, 5) is 19.8. The molecule has 1 aromatic carbocycles. The van der Waals surface area contributed by atoms with Gasteiger partial charge in [-0.3, -0.25) is 14.6 Å². The van der Waals surface area contributed by atoms with Crippen molar-refractivity contribution in [1.82, 2.24) is 14.7 Å². The van der Waals surface area contributed by atoms with Gasteiger partial charge >= 0.3 is 0 Å². The molecule has 0 radical (unpaired) electrons. The number of amides is 1. The van der Waals surface area contributed by atoms with E-state index in [9.17, 15) is 4.79 Å². The van der Waals surface area contributed by atoms with E-state index in [1.807, 2.05) is 19.2 Å². The number of piperazine rings is 1. The molecule has 1 amide bonds. The summed E-state index contributed by atoms with van der Waals surface area (Å²) in [6.45, 7) is 11.8. The molecule has 2 fully saturated rings. The lowest BCUT2D eigenvalue weighted by Gasteiger charge is -2.43. The van der Waals surface area contributed by atoms with E-state index in [1.165, 1.54) is 30.4 Å². The molecule has 4 rings (SSSR count). The number of benzene rings is 1. The van der Waals surface area contributed by atoms with Gasteiger partial charge in [-0.05, 0) is 49.4 Å². The quantitative estimate of drug-likeness (QED) is 0.549. The number of anilines is 1. The highest BCUT2D eigenvalue weighted by Crippen LogP contribution is 2.27. The molecule has 0 N–H and O–H groups in total. The maximum atomic E-state index is 12.8. The second kappa shape index (κ2) is 9.09. The van der Waals surface area contributed by atoms with E-state index in [-0.39, 0.29) is 5.91 Å². The van der Waals surface area contributed by atoms with Crippen LogP contribution in [0.25, 0.3) is 0 Å². The maximum absolute atomic E-state index is 12.8. The van der Waals surface area contributed by atoms with Gasteiger partial charge in [-0.2, -0.15) is 5.10 Å². The fraction of sp³-hybridized carbons (Fsp3) is 0.565. The zero-order chi connectivity index (χ0) is 20.2. The third kappa shape index (κ3) is 4.54. The van der Waals surface area contributed by atoms with Crippen LogP contribution in [0.15, 0.2) is 35.6 Å². The first-order valence-electron chi connectivity index (χ1n) is 10.9. The summed E-state index contributed by atoms with van der Waals surface area (Å²) in [5.41, 5.74) is 3.69. The van der Waals surface area contributed by atoms with E-state index in [0.717, 1.165) is 57.4 Å². The highest BCUT2D eigenvalue weighted by Gasteiger charge is 2.30. The summed E-state index contributed by atoms with van der Waals surface area (Å²) in [5.74, 6) is 0.286. The van der Waals surface area contributed by atoms with Crippen molar-refractivity contribution in [2.24, 2.45) is 5.10 Å². The lowest BCUT2D eigenvalue weighted by Crippen LogP contribution is -2.55. The number of allylic oxidation sites excluding steroid dienone is 1. The lowest BCUT2D eigenvalue weighted by atomic mass is 9.91. The first-order valence-corrected chi connectivity index (χ1v) is 10.9. The second-order valence-electron chi connectivity index (χ2n) is 8.38. The summed E-state index contributed by atoms with van der Waals surface area (Å²) in [5, 5.41) is 5.85. The molecule has 0 bridgehead atoms. The topological polar surface area (TPSA) is 42.4 Å². The van der Waals surface area contributed by atoms with Crippen molar-refractivity contribution in [3.8, 4) is 0 Å². The van der Waals surface area contributed by atoms with Crippen LogP contribution in [0.2, 0.25) is 0 Å². The number of hydrogen-bond acceptors (Lipinski definition) is 5. The molecule has 29 heavy (non-hydrogen) atoms. The van der Waals surface area contributed by atoms with Gasteiger partial charge in [0.25, 0.3) is 0 Å². The summed E-state index contributed by atoms with van der Waals surface area (Å²) in [6.07, 6.45) is 8.89. The molecule has 2 heterocycles. The smallest absolute Gasteiger partial charge is 0.236 e. The van der Waals surface area contributed by atoms with E-state index in [0.29, 0.717) is 6.54 Å². The average molecular weight is 396 g/mol. The van der Waals surface area contributed by atoms with E-state index >= 15 is 0 Å². The van der Waals surface area contributed by atoms with Crippen LogP contribution in [0.3, 0.4) is 0 Å². The zero-order valence-electron chi connectivity index (χ0n) is 17.6. The van der Waals surface area contributed by atoms with E-state index in [2.05, 4.69) is 44.7 Å². The summed E-state index contributed by atoms with van der Waals surface area (Å²) < 4.78 is 0. The Morgan fingerprint density at radius 1 is 1.21 bits per heavy atom. The Labute approximate surface area is 174 Å². The van der Waals surface area contributed by atoms with Gasteiger partial charge in [-0.1, -0.05) is 18.6 Å². The van der Waals surface area contributed by atoms with Gasteiger partial charge < -0.3 is 4.90 Å². The largest absolute Gasteiger partial charge is 0.339 e. The van der Waals surface area contributed by atoms with Crippen LogP contribution in [0.4, 0.5) is 5.69 Å². The fourth-order valence-electron chi connectivity index (χ4n) is 4.61. The van der Waals surface area contributed by atoms with Crippen LogP contribution < -0.4 is 5.01 Å². The molecule has 0 aromatic heterocycles. The maximum Gasteiger partial charge on any atom is 0.236 e. The monoisotopic (exact) mass is 395 g/mol. The number of carbonyl (C=O) groups excluding carboxylic acids is 1. The van der Waals surface area contributed by atoms with Crippen molar-refractivity contribution in [1.29, 1.82) is 0 Å². The van der Waals surface area contributed by atoms with Crippen molar-refractivity contribution in [3.05, 3.63) is 41.6 Å². The van der Waals surface area contributed by atoms with Crippen LogP contribution in [0.5, 0.6) is 0 Å². The highest BCUT2D eigenvalue weighted by atomic mass is 16.2. The minimum atomic E-state index is 0.286. The normalized spacial score (nSPS) is 21.1. The molecule has 3 aliphatic rings. The molecular weight excluding hydrogens is 362 g/mol. The van der Waals surface area contributed by atoms with Crippen molar-refractivity contribution >= 4 is 18.3 Å². The van der Waals surface area contributed by atoms with Crippen LogP contribution >= 0.6 is 0 Å². The average Bonchev–Trinajstić information content (AvgIpc) is 2.71. The van der Waals surface area contributed by atoms with Crippen molar-refractivity contribution in [2.75, 3.05) is 44.3 Å². The molecule has 0 atom stereocenters. The molecule has 0 spiro atoms. The Balaban J connectivity index is 1.30. The summed E-state index contributed by atoms with van der Waals surface area (Å²) in [7, 11) is 0. The van der Waals surface area contributed by atoms with Gasteiger partial charge in [0.2, 0.25) is 5.91 Å².